The lowest BCUT2D eigenvalue weighted by atomic mass is 9.86. The van der Waals surface area contributed by atoms with Crippen LogP contribution in [0.4, 0.5) is 13.2 Å². The number of carbonyl (C=O) groups excluding carboxylic acids is 5. The summed E-state index contributed by atoms with van der Waals surface area (Å²) in [4.78, 5) is 65.6. The third-order valence-electron chi connectivity index (χ3n) is 9.43. The Morgan fingerprint density at radius 1 is 0.843 bits per heavy atom. The van der Waals surface area contributed by atoms with E-state index in [1.54, 1.807) is 56.3 Å². The van der Waals surface area contributed by atoms with Gasteiger partial charge in [-0.1, -0.05) is 98.8 Å². The molecule has 1 aliphatic carbocycles. The topological polar surface area (TPSA) is 156 Å². The Kier molecular flexibility index (Phi) is 12.9. The van der Waals surface area contributed by atoms with E-state index in [1.807, 2.05) is 42.5 Å². The largest absolute Gasteiger partial charge is 0.416 e. The number of Topliss-reactive ketones (excluding diaryl/α,β-unsaturated/α-hetero) is 2. The van der Waals surface area contributed by atoms with Crippen LogP contribution in [0, 0.1) is 17.3 Å². The number of hydrogen-bond acceptors (Lipinski definition) is 6. The molecule has 0 saturated heterocycles. The van der Waals surface area contributed by atoms with Gasteiger partial charge < -0.3 is 21.5 Å². The fourth-order valence-corrected chi connectivity index (χ4v) is 6.05. The number of nitrogens with two attached hydrogens (primary N) is 1. The van der Waals surface area contributed by atoms with Crippen LogP contribution in [-0.2, 0) is 25.6 Å². The molecule has 0 spiro atoms. The van der Waals surface area contributed by atoms with Crippen molar-refractivity contribution in [2.75, 3.05) is 0 Å². The van der Waals surface area contributed by atoms with E-state index in [0.29, 0.717) is 5.56 Å². The van der Waals surface area contributed by atoms with Crippen molar-refractivity contribution in [1.29, 1.82) is 0 Å². The molecule has 5 N–H and O–H groups in total. The zero-order chi connectivity index (χ0) is 37.3. The van der Waals surface area contributed by atoms with E-state index >= 15 is 0 Å². The molecule has 51 heavy (non-hydrogen) atoms. The molecule has 9 nitrogen and oxygen atoms in total. The van der Waals surface area contributed by atoms with Crippen molar-refractivity contribution in [2.45, 2.75) is 83.2 Å². The van der Waals surface area contributed by atoms with Crippen LogP contribution in [0.5, 0.6) is 0 Å². The molecule has 0 radical (unpaired) electrons. The highest BCUT2D eigenvalue weighted by Crippen LogP contribution is 2.49. The Hall–Kier alpha value is -4.84. The highest BCUT2D eigenvalue weighted by atomic mass is 19.4. The van der Waals surface area contributed by atoms with E-state index in [-0.39, 0.29) is 43.8 Å². The first-order chi connectivity index (χ1) is 24.1. The zero-order valence-electron chi connectivity index (χ0n) is 28.6. The summed E-state index contributed by atoms with van der Waals surface area (Å²) in [5, 5.41) is 14.9. The Labute approximate surface area is 295 Å². The van der Waals surface area contributed by atoms with Gasteiger partial charge in [-0.15, -0.1) is 0 Å². The van der Waals surface area contributed by atoms with E-state index in [1.165, 1.54) is 0 Å². The van der Waals surface area contributed by atoms with Gasteiger partial charge in [0.1, 0.15) is 0 Å². The average molecular weight is 708 g/mol. The molecule has 3 aromatic rings. The van der Waals surface area contributed by atoms with Gasteiger partial charge in [-0.2, -0.15) is 13.2 Å². The Morgan fingerprint density at radius 3 is 1.94 bits per heavy atom. The second kappa shape index (κ2) is 16.9. The van der Waals surface area contributed by atoms with E-state index in [2.05, 4.69) is 10.6 Å². The van der Waals surface area contributed by atoms with Crippen molar-refractivity contribution < 1.29 is 42.3 Å². The van der Waals surface area contributed by atoms with Crippen LogP contribution < -0.4 is 16.4 Å². The molecule has 0 aromatic heterocycles. The minimum absolute atomic E-state index is 0.0802. The standard InChI is InChI=1S/C39H44F3N3O6/c1-24(2)29(22-32(46)28-15-13-27(14-16-28)26-11-7-4-8-12-26)36(50)44-31(21-25-9-5-3-6-10-25)33(47)23-38(19-20-38)37(51)45-30(17-18-34(43)48)35(49)39(40,41)42/h3-16,24,29-31,35,49H,17-23H2,1-2H3,(H2,43,48)(H,44,50)(H,45,51)/t29-,30?,31-,35?/m0/s1. The maximum atomic E-state index is 13.9. The van der Waals surface area contributed by atoms with Crippen LogP contribution in [-0.4, -0.2) is 58.8 Å². The molecular weight excluding hydrogens is 663 g/mol. The molecule has 272 valence electrons. The van der Waals surface area contributed by atoms with E-state index < -0.39 is 72.0 Å². The number of aliphatic hydroxyl groups is 1. The molecule has 0 heterocycles. The average Bonchev–Trinajstić information content (AvgIpc) is 3.89. The van der Waals surface area contributed by atoms with Crippen molar-refractivity contribution in [3.63, 3.8) is 0 Å². The van der Waals surface area contributed by atoms with Crippen LogP contribution >= 0.6 is 0 Å². The molecule has 1 fully saturated rings. The van der Waals surface area contributed by atoms with Gasteiger partial charge in [0.05, 0.1) is 17.5 Å². The molecule has 1 saturated carbocycles. The van der Waals surface area contributed by atoms with Crippen molar-refractivity contribution in [3.05, 3.63) is 96.1 Å². The summed E-state index contributed by atoms with van der Waals surface area (Å²) in [5.41, 5.74) is 6.85. The van der Waals surface area contributed by atoms with Crippen LogP contribution in [0.2, 0.25) is 0 Å². The lowest BCUT2D eigenvalue weighted by Gasteiger charge is -2.28. The van der Waals surface area contributed by atoms with Crippen molar-refractivity contribution in [3.8, 4) is 11.1 Å². The Balaban J connectivity index is 1.48. The highest BCUT2D eigenvalue weighted by molar-refractivity contribution is 6.00. The fourth-order valence-electron chi connectivity index (χ4n) is 6.05. The van der Waals surface area contributed by atoms with Crippen LogP contribution in [0.1, 0.15) is 68.3 Å². The van der Waals surface area contributed by atoms with Gasteiger partial charge in [-0.05, 0) is 48.3 Å². The van der Waals surface area contributed by atoms with Crippen LogP contribution in [0.25, 0.3) is 11.1 Å². The van der Waals surface area contributed by atoms with Crippen LogP contribution in [0.3, 0.4) is 0 Å². The highest BCUT2D eigenvalue weighted by Gasteiger charge is 2.53. The van der Waals surface area contributed by atoms with Gasteiger partial charge in [-0.25, -0.2) is 0 Å². The van der Waals surface area contributed by atoms with Crippen molar-refractivity contribution in [2.24, 2.45) is 23.0 Å². The molecular formula is C39H44F3N3O6. The number of carbonyl (C=O) groups is 5. The normalized spacial score (nSPS) is 16.0. The summed E-state index contributed by atoms with van der Waals surface area (Å²) in [6.07, 6.45) is -9.08. The number of hydrogen-bond donors (Lipinski definition) is 4. The number of amides is 3. The SMILES string of the molecule is CC(C)[C@H](CC(=O)c1ccc(-c2ccccc2)cc1)C(=O)N[C@@H](Cc1ccccc1)C(=O)CC1(C(=O)NC(CCC(N)=O)C(O)C(F)(F)F)CC1. The first-order valence-corrected chi connectivity index (χ1v) is 17.0. The minimum Gasteiger partial charge on any atom is -0.382 e. The maximum Gasteiger partial charge on any atom is 0.416 e. The fraction of sp³-hybridized carbons (Fsp3) is 0.410. The quantitative estimate of drug-likeness (QED) is 0.131. The van der Waals surface area contributed by atoms with E-state index in [9.17, 15) is 42.3 Å². The lowest BCUT2D eigenvalue weighted by Crippen LogP contribution is -2.53. The predicted molar refractivity (Wildman–Crippen MR) is 185 cm³/mol. The number of nitrogens with one attached hydrogen (secondary N) is 2. The molecule has 4 rings (SSSR count). The summed E-state index contributed by atoms with van der Waals surface area (Å²) < 4.78 is 40.1. The molecule has 2 unspecified atom stereocenters. The number of aliphatic hydroxyl groups excluding tert-OH is 1. The summed E-state index contributed by atoms with van der Waals surface area (Å²) >= 11 is 0. The maximum absolute atomic E-state index is 13.9. The van der Waals surface area contributed by atoms with Crippen molar-refractivity contribution >= 4 is 29.3 Å². The van der Waals surface area contributed by atoms with E-state index in [0.717, 1.165) is 16.7 Å². The Morgan fingerprint density at radius 2 is 1.41 bits per heavy atom. The third kappa shape index (κ3) is 10.8. The molecule has 1 aliphatic rings. The number of rotatable bonds is 18. The van der Waals surface area contributed by atoms with Gasteiger partial charge in [0, 0.05) is 30.7 Å². The summed E-state index contributed by atoms with van der Waals surface area (Å²) in [7, 11) is 0. The lowest BCUT2D eigenvalue weighted by molar-refractivity contribution is -0.213. The number of halogens is 3. The molecule has 12 heteroatoms. The summed E-state index contributed by atoms with van der Waals surface area (Å²) in [6.45, 7) is 3.61. The second-order valence-corrected chi connectivity index (χ2v) is 13.7. The first kappa shape index (κ1) is 39.0. The summed E-state index contributed by atoms with van der Waals surface area (Å²) in [5.74, 6) is -4.08. The number of ketones is 2. The number of benzene rings is 3. The van der Waals surface area contributed by atoms with Gasteiger partial charge in [0.25, 0.3) is 0 Å². The van der Waals surface area contributed by atoms with Crippen LogP contribution in [0.15, 0.2) is 84.9 Å². The minimum atomic E-state index is -5.08. The third-order valence-corrected chi connectivity index (χ3v) is 9.43. The van der Waals surface area contributed by atoms with E-state index in [4.69, 9.17) is 5.73 Å². The first-order valence-electron chi connectivity index (χ1n) is 17.0. The Bertz CT molecular complexity index is 1680. The van der Waals surface area contributed by atoms with Gasteiger partial charge in [0.2, 0.25) is 17.7 Å². The zero-order valence-corrected chi connectivity index (χ0v) is 28.6. The van der Waals surface area contributed by atoms with Gasteiger partial charge >= 0.3 is 6.18 Å². The molecule has 3 aromatic carbocycles. The molecule has 0 aliphatic heterocycles. The number of primary amides is 1. The summed E-state index contributed by atoms with van der Waals surface area (Å²) in [6, 6.07) is 22.7. The second-order valence-electron chi connectivity index (χ2n) is 13.7. The van der Waals surface area contributed by atoms with Gasteiger partial charge in [-0.3, -0.25) is 24.0 Å². The predicted octanol–water partition coefficient (Wildman–Crippen LogP) is 5.34. The smallest absolute Gasteiger partial charge is 0.382 e. The molecule has 0 bridgehead atoms. The molecule has 3 amide bonds. The number of alkyl halides is 3. The molecule has 4 atom stereocenters. The van der Waals surface area contributed by atoms with Crippen molar-refractivity contribution in [1.82, 2.24) is 10.6 Å². The monoisotopic (exact) mass is 707 g/mol. The van der Waals surface area contributed by atoms with Gasteiger partial charge in [0.15, 0.2) is 17.7 Å².